The number of halogens is 1. The normalized spacial score (nSPS) is 19.1. The van der Waals surface area contributed by atoms with E-state index in [1.54, 1.807) is 18.3 Å². The van der Waals surface area contributed by atoms with Crippen molar-refractivity contribution in [1.29, 1.82) is 0 Å². The van der Waals surface area contributed by atoms with Crippen molar-refractivity contribution >= 4 is 36.2 Å². The Bertz CT molecular complexity index is 569. The number of alkyl halides is 1. The summed E-state index contributed by atoms with van der Waals surface area (Å²) in [5, 5.41) is 15.8. The lowest BCUT2D eigenvalue weighted by molar-refractivity contribution is 0.559. The number of hydrogen-bond donors (Lipinski definition) is 2. The van der Waals surface area contributed by atoms with Gasteiger partial charge in [-0.1, -0.05) is 0 Å². The van der Waals surface area contributed by atoms with Gasteiger partial charge in [0.25, 0.3) is 0 Å². The van der Waals surface area contributed by atoms with Gasteiger partial charge in [-0.2, -0.15) is 10.2 Å². The van der Waals surface area contributed by atoms with Gasteiger partial charge in [0.2, 0.25) is 0 Å². The van der Waals surface area contributed by atoms with Crippen LogP contribution in [0, 0.1) is 6.92 Å². The minimum Gasteiger partial charge on any atom is -0.323 e. The lowest BCUT2D eigenvalue weighted by Gasteiger charge is -2.10. The first-order valence-electron chi connectivity index (χ1n) is 5.54. The molecule has 0 spiro atoms. The van der Waals surface area contributed by atoms with Crippen LogP contribution in [-0.2, 0) is 0 Å². The molecule has 0 aromatic carbocycles. The molecule has 0 aliphatic carbocycles. The highest BCUT2D eigenvalue weighted by Crippen LogP contribution is 2.17. The Hall–Kier alpha value is -2.15. The quantitative estimate of drug-likeness (QED) is 0.499. The summed E-state index contributed by atoms with van der Waals surface area (Å²) < 4.78 is 0. The first-order valence-corrected chi connectivity index (χ1v) is 6.07. The van der Waals surface area contributed by atoms with Gasteiger partial charge in [-0.3, -0.25) is 15.1 Å². The molecule has 2 N–H and O–H groups in total. The summed E-state index contributed by atoms with van der Waals surface area (Å²) in [6, 6.07) is 2.01. The maximum absolute atomic E-state index is 5.65. The molecule has 2 rings (SSSR count). The number of anilines is 1. The summed E-state index contributed by atoms with van der Waals surface area (Å²) in [7, 11) is 1.79. The van der Waals surface area contributed by atoms with Gasteiger partial charge in [0.1, 0.15) is 11.8 Å². The Morgan fingerprint density at radius 2 is 2.42 bits per heavy atom. The first-order chi connectivity index (χ1) is 9.15. The average Bonchev–Trinajstić information content (AvgIpc) is 2.95. The predicted octanol–water partition coefficient (Wildman–Crippen LogP) is 1.57. The maximum Gasteiger partial charge on any atom is 0.157 e. The number of hydrazone groups is 1. The standard InChI is InChI=1S/C11H14ClN7/c1-7-4-9(18-17-7)16-10(13-2)8-5-15-19(3)11(8)14-6-12/h4-5H,2,6H2,1,3H3,(H2,16,17,18)/b10-8+,14-11+. The van der Waals surface area contributed by atoms with E-state index >= 15 is 0 Å². The summed E-state index contributed by atoms with van der Waals surface area (Å²) in [6.45, 7) is 5.47. The zero-order chi connectivity index (χ0) is 13.8. The maximum atomic E-state index is 5.65. The van der Waals surface area contributed by atoms with E-state index < -0.39 is 0 Å². The molecule has 2 heterocycles. The fourth-order valence-corrected chi connectivity index (χ4v) is 1.75. The van der Waals surface area contributed by atoms with Gasteiger partial charge in [0.15, 0.2) is 11.7 Å². The van der Waals surface area contributed by atoms with Crippen LogP contribution in [0.3, 0.4) is 0 Å². The van der Waals surface area contributed by atoms with Gasteiger partial charge in [-0.15, -0.1) is 11.6 Å². The molecule has 8 heteroatoms. The van der Waals surface area contributed by atoms with Gasteiger partial charge < -0.3 is 5.32 Å². The van der Waals surface area contributed by atoms with Crippen molar-refractivity contribution in [3.05, 3.63) is 23.2 Å². The van der Waals surface area contributed by atoms with Crippen LogP contribution in [0.2, 0.25) is 0 Å². The van der Waals surface area contributed by atoms with Gasteiger partial charge >= 0.3 is 0 Å². The number of hydrogen-bond acceptors (Lipinski definition) is 5. The lowest BCUT2D eigenvalue weighted by atomic mass is 10.2. The molecule has 0 saturated heterocycles. The van der Waals surface area contributed by atoms with Crippen LogP contribution in [0.1, 0.15) is 5.69 Å². The van der Waals surface area contributed by atoms with Crippen molar-refractivity contribution in [3.63, 3.8) is 0 Å². The highest BCUT2D eigenvalue weighted by Gasteiger charge is 2.21. The Morgan fingerprint density at radius 1 is 1.63 bits per heavy atom. The average molecular weight is 280 g/mol. The lowest BCUT2D eigenvalue weighted by Crippen LogP contribution is -2.19. The summed E-state index contributed by atoms with van der Waals surface area (Å²) in [4.78, 5) is 8.14. The SMILES string of the molecule is C=N/C(Nc1cc(C)[nH]n1)=C1/C=NN(C)/C1=N/CCl. The molecule has 1 aromatic rings. The molecule has 1 aliphatic heterocycles. The number of likely N-dealkylation sites (N-methyl/N-ethyl adjacent to an activating group) is 1. The number of H-pyrrole nitrogens is 1. The molecular formula is C11H14ClN7. The molecule has 100 valence electrons. The van der Waals surface area contributed by atoms with Crippen molar-refractivity contribution in [3.8, 4) is 0 Å². The topological polar surface area (TPSA) is 81.0 Å². The van der Waals surface area contributed by atoms with E-state index in [0.29, 0.717) is 17.5 Å². The molecule has 0 radical (unpaired) electrons. The molecule has 0 saturated carbocycles. The Kier molecular flexibility index (Phi) is 3.96. The second-order valence-corrected chi connectivity index (χ2v) is 4.09. The number of aromatic nitrogens is 2. The van der Waals surface area contributed by atoms with Crippen LogP contribution in [0.4, 0.5) is 5.82 Å². The van der Waals surface area contributed by atoms with Crippen molar-refractivity contribution in [2.75, 3.05) is 18.4 Å². The van der Waals surface area contributed by atoms with E-state index in [9.17, 15) is 0 Å². The van der Waals surface area contributed by atoms with Crippen LogP contribution >= 0.6 is 11.6 Å². The molecule has 0 amide bonds. The van der Waals surface area contributed by atoms with Crippen molar-refractivity contribution < 1.29 is 0 Å². The van der Waals surface area contributed by atoms with Crippen LogP contribution in [0.15, 0.2) is 32.5 Å². The number of nitrogens with one attached hydrogen (secondary N) is 2. The Labute approximate surface area is 115 Å². The molecule has 19 heavy (non-hydrogen) atoms. The second kappa shape index (κ2) is 5.66. The molecule has 0 bridgehead atoms. The largest absolute Gasteiger partial charge is 0.323 e. The zero-order valence-corrected chi connectivity index (χ0v) is 11.4. The summed E-state index contributed by atoms with van der Waals surface area (Å²) in [5.41, 5.74) is 1.67. The minimum atomic E-state index is 0.151. The fourth-order valence-electron chi connectivity index (χ4n) is 1.64. The Balaban J connectivity index is 2.34. The fraction of sp³-hybridized carbons (Fsp3) is 0.273. The van der Waals surface area contributed by atoms with Crippen molar-refractivity contribution in [1.82, 2.24) is 15.2 Å². The van der Waals surface area contributed by atoms with Crippen molar-refractivity contribution in [2.45, 2.75) is 6.92 Å². The molecular weight excluding hydrogens is 266 g/mol. The number of rotatable bonds is 4. The van der Waals surface area contributed by atoms with Gasteiger partial charge in [0.05, 0.1) is 11.8 Å². The zero-order valence-electron chi connectivity index (χ0n) is 10.7. The number of aliphatic imine (C=N–C) groups is 2. The highest BCUT2D eigenvalue weighted by molar-refractivity contribution is 6.22. The van der Waals surface area contributed by atoms with Gasteiger partial charge in [-0.25, -0.2) is 4.99 Å². The minimum absolute atomic E-state index is 0.151. The number of amidine groups is 1. The third-order valence-corrected chi connectivity index (χ3v) is 2.60. The van der Waals surface area contributed by atoms with Crippen LogP contribution in [0.25, 0.3) is 0 Å². The molecule has 0 atom stereocenters. The van der Waals surface area contributed by atoms with Gasteiger partial charge in [-0.05, 0) is 13.6 Å². The molecule has 0 fully saturated rings. The number of nitrogens with zero attached hydrogens (tertiary/aromatic N) is 5. The van der Waals surface area contributed by atoms with E-state index in [4.69, 9.17) is 11.6 Å². The van der Waals surface area contributed by atoms with Crippen molar-refractivity contribution in [2.24, 2.45) is 15.1 Å². The van der Waals surface area contributed by atoms with E-state index in [2.05, 4.69) is 37.3 Å². The number of aromatic amines is 1. The summed E-state index contributed by atoms with van der Waals surface area (Å²) >= 11 is 5.65. The molecule has 7 nitrogen and oxygen atoms in total. The number of aryl methyl sites for hydroxylation is 1. The third-order valence-electron chi connectivity index (χ3n) is 2.48. The van der Waals surface area contributed by atoms with E-state index in [-0.39, 0.29) is 6.00 Å². The molecule has 1 aliphatic rings. The van der Waals surface area contributed by atoms with Crippen LogP contribution in [0.5, 0.6) is 0 Å². The monoisotopic (exact) mass is 279 g/mol. The second-order valence-electron chi connectivity index (χ2n) is 3.85. The highest BCUT2D eigenvalue weighted by atomic mass is 35.5. The summed E-state index contributed by atoms with van der Waals surface area (Å²) in [5.74, 6) is 1.82. The van der Waals surface area contributed by atoms with Gasteiger partial charge in [0, 0.05) is 18.8 Å². The summed E-state index contributed by atoms with van der Waals surface area (Å²) in [6.07, 6.45) is 1.65. The van der Waals surface area contributed by atoms with E-state index in [1.807, 2.05) is 13.0 Å². The molecule has 0 unspecified atom stereocenters. The van der Waals surface area contributed by atoms with Crippen LogP contribution in [-0.4, -0.2) is 47.0 Å². The predicted molar refractivity (Wildman–Crippen MR) is 77.9 cm³/mol. The third kappa shape index (κ3) is 2.82. The molecule has 1 aromatic heterocycles. The van der Waals surface area contributed by atoms with E-state index in [1.165, 1.54) is 0 Å². The van der Waals surface area contributed by atoms with E-state index in [0.717, 1.165) is 11.3 Å². The Morgan fingerprint density at radius 3 is 3.00 bits per heavy atom. The first kappa shape index (κ1) is 13.3. The van der Waals surface area contributed by atoms with Crippen LogP contribution < -0.4 is 5.32 Å². The smallest absolute Gasteiger partial charge is 0.157 e.